The summed E-state index contributed by atoms with van der Waals surface area (Å²) in [6.45, 7) is 0.951. The van der Waals surface area contributed by atoms with Crippen molar-refractivity contribution in [1.29, 1.82) is 0 Å². The van der Waals surface area contributed by atoms with E-state index in [4.69, 9.17) is 5.10 Å². The van der Waals surface area contributed by atoms with Crippen molar-refractivity contribution in [3.8, 4) is 11.3 Å². The van der Waals surface area contributed by atoms with Gasteiger partial charge in [-0.15, -0.1) is 0 Å². The largest absolute Gasteiger partial charge is 0.352 e. The third-order valence-electron chi connectivity index (χ3n) is 5.07. The second-order valence-corrected chi connectivity index (χ2v) is 7.38. The third kappa shape index (κ3) is 5.16. The van der Waals surface area contributed by atoms with Gasteiger partial charge in [0.05, 0.1) is 12.2 Å². The molecule has 1 atom stereocenters. The summed E-state index contributed by atoms with van der Waals surface area (Å²) in [5.74, 6) is -0.588. The minimum atomic E-state index is -0.660. The van der Waals surface area contributed by atoms with Gasteiger partial charge in [0.25, 0.3) is 5.91 Å². The molecule has 8 nitrogen and oxygen atoms in total. The molecule has 1 aliphatic rings. The fourth-order valence-corrected chi connectivity index (χ4v) is 3.50. The lowest BCUT2D eigenvalue weighted by Crippen LogP contribution is -2.31. The Morgan fingerprint density at radius 3 is 2.42 bits per heavy atom. The molecule has 2 aromatic carbocycles. The predicted octanol–water partition coefficient (Wildman–Crippen LogP) is 2.20. The Hall–Kier alpha value is -3.94. The molecular formula is C23H23N5O3. The van der Waals surface area contributed by atoms with Crippen molar-refractivity contribution in [1.82, 2.24) is 25.7 Å². The molecule has 8 heteroatoms. The van der Waals surface area contributed by atoms with E-state index in [0.29, 0.717) is 13.1 Å². The highest BCUT2D eigenvalue weighted by atomic mass is 16.2. The van der Waals surface area contributed by atoms with Crippen LogP contribution in [0.15, 0.2) is 66.9 Å². The lowest BCUT2D eigenvalue weighted by Gasteiger charge is -2.08. The molecule has 158 valence electrons. The van der Waals surface area contributed by atoms with Crippen LogP contribution in [0, 0.1) is 0 Å². The number of nitrogens with one attached hydrogen (secondary N) is 3. The Bertz CT molecular complexity index is 1080. The predicted molar refractivity (Wildman–Crippen MR) is 115 cm³/mol. The number of benzene rings is 2. The van der Waals surface area contributed by atoms with Crippen LogP contribution < -0.4 is 16.0 Å². The topological polar surface area (TPSA) is 105 Å². The van der Waals surface area contributed by atoms with E-state index in [0.717, 1.165) is 22.4 Å². The highest BCUT2D eigenvalue weighted by Crippen LogP contribution is 2.22. The monoisotopic (exact) mass is 417 g/mol. The molecule has 1 aromatic heterocycles. The maximum absolute atomic E-state index is 12.3. The maximum atomic E-state index is 12.3. The summed E-state index contributed by atoms with van der Waals surface area (Å²) < 4.78 is 1.87. The van der Waals surface area contributed by atoms with Crippen molar-refractivity contribution >= 4 is 17.8 Å². The number of rotatable bonds is 8. The Morgan fingerprint density at radius 2 is 1.74 bits per heavy atom. The molecule has 1 unspecified atom stereocenters. The van der Waals surface area contributed by atoms with E-state index in [1.54, 1.807) is 0 Å². The van der Waals surface area contributed by atoms with Gasteiger partial charge in [0.1, 0.15) is 6.04 Å². The molecule has 4 amide bonds. The molecule has 3 aromatic rings. The summed E-state index contributed by atoms with van der Waals surface area (Å²) in [5, 5.41) is 12.3. The van der Waals surface area contributed by atoms with Gasteiger partial charge in [-0.3, -0.25) is 19.6 Å². The molecule has 31 heavy (non-hydrogen) atoms. The molecule has 1 fully saturated rings. The molecule has 4 rings (SSSR count). The van der Waals surface area contributed by atoms with E-state index in [9.17, 15) is 14.4 Å². The molecular weight excluding hydrogens is 394 g/mol. The van der Waals surface area contributed by atoms with E-state index in [2.05, 4.69) is 16.0 Å². The second kappa shape index (κ2) is 9.25. The molecule has 0 saturated carbocycles. The van der Waals surface area contributed by atoms with Gasteiger partial charge >= 0.3 is 6.03 Å². The van der Waals surface area contributed by atoms with E-state index in [1.165, 1.54) is 0 Å². The van der Waals surface area contributed by atoms with E-state index in [1.807, 2.05) is 71.5 Å². The summed E-state index contributed by atoms with van der Waals surface area (Å²) in [6.07, 6.45) is 2.33. The van der Waals surface area contributed by atoms with Crippen molar-refractivity contribution in [3.63, 3.8) is 0 Å². The quantitative estimate of drug-likeness (QED) is 0.489. The number of aromatic nitrogens is 2. The average molecular weight is 417 g/mol. The van der Waals surface area contributed by atoms with Crippen molar-refractivity contribution in [2.45, 2.75) is 32.0 Å². The number of nitrogens with zero attached hydrogens (tertiary/aromatic N) is 2. The zero-order chi connectivity index (χ0) is 21.6. The van der Waals surface area contributed by atoms with E-state index in [-0.39, 0.29) is 18.7 Å². The Kier molecular flexibility index (Phi) is 6.07. The van der Waals surface area contributed by atoms with Crippen LogP contribution in [0.25, 0.3) is 11.3 Å². The number of carbonyl (C=O) groups is 3. The zero-order valence-electron chi connectivity index (χ0n) is 16.9. The minimum Gasteiger partial charge on any atom is -0.352 e. The van der Waals surface area contributed by atoms with Crippen LogP contribution in [0.1, 0.15) is 24.0 Å². The van der Waals surface area contributed by atoms with E-state index >= 15 is 0 Å². The molecule has 3 N–H and O–H groups in total. The molecule has 0 spiro atoms. The molecule has 2 heterocycles. The van der Waals surface area contributed by atoms with Gasteiger partial charge in [-0.1, -0.05) is 60.7 Å². The van der Waals surface area contributed by atoms with Gasteiger partial charge in [-0.05, 0) is 12.0 Å². The average Bonchev–Trinajstić information content (AvgIpc) is 3.33. The van der Waals surface area contributed by atoms with Gasteiger partial charge in [-0.25, -0.2) is 4.79 Å². The minimum absolute atomic E-state index is 0.136. The summed E-state index contributed by atoms with van der Waals surface area (Å²) in [7, 11) is 0. The fraction of sp³-hybridized carbons (Fsp3) is 0.217. The number of imide groups is 1. The summed E-state index contributed by atoms with van der Waals surface area (Å²) in [6, 6.07) is 18.7. The maximum Gasteiger partial charge on any atom is 0.322 e. The molecule has 0 bridgehead atoms. The van der Waals surface area contributed by atoms with Gasteiger partial charge in [0.2, 0.25) is 5.91 Å². The lowest BCUT2D eigenvalue weighted by atomic mass is 10.1. The molecule has 1 saturated heterocycles. The molecule has 1 aliphatic heterocycles. The van der Waals surface area contributed by atoms with Gasteiger partial charge < -0.3 is 10.6 Å². The molecule has 0 aliphatic carbocycles. The van der Waals surface area contributed by atoms with Crippen molar-refractivity contribution in [2.75, 3.05) is 0 Å². The normalized spacial score (nSPS) is 15.4. The number of amides is 4. The van der Waals surface area contributed by atoms with Crippen LogP contribution in [0.4, 0.5) is 4.79 Å². The third-order valence-corrected chi connectivity index (χ3v) is 5.07. The smallest absolute Gasteiger partial charge is 0.322 e. The van der Waals surface area contributed by atoms with Crippen LogP contribution in [-0.2, 0) is 22.7 Å². The summed E-state index contributed by atoms with van der Waals surface area (Å²) >= 11 is 0. The van der Waals surface area contributed by atoms with Gasteiger partial charge in [0.15, 0.2) is 0 Å². The lowest BCUT2D eigenvalue weighted by molar-refractivity contribution is -0.122. The molecule has 0 radical (unpaired) electrons. The summed E-state index contributed by atoms with van der Waals surface area (Å²) in [4.78, 5) is 35.1. The number of carbonyl (C=O) groups excluding carboxylic acids is 3. The standard InChI is InChI=1S/C23H23N5O3/c29-20(12-11-19-22(30)26-23(31)25-19)24-13-18-15-28(14-16-7-3-1-4-8-16)27-21(18)17-9-5-2-6-10-17/h1-10,15,19H,11-14H2,(H,24,29)(H2,25,26,30,31). The first-order valence-electron chi connectivity index (χ1n) is 10.1. The highest BCUT2D eigenvalue weighted by molar-refractivity contribution is 6.04. The first-order chi connectivity index (χ1) is 15.1. The van der Waals surface area contributed by atoms with Crippen molar-refractivity contribution in [2.24, 2.45) is 0 Å². The van der Waals surface area contributed by atoms with Crippen molar-refractivity contribution in [3.05, 3.63) is 78.0 Å². The van der Waals surface area contributed by atoms with Crippen LogP contribution in [-0.4, -0.2) is 33.7 Å². The fourth-order valence-electron chi connectivity index (χ4n) is 3.50. The van der Waals surface area contributed by atoms with Crippen LogP contribution in [0.2, 0.25) is 0 Å². The van der Waals surface area contributed by atoms with Crippen LogP contribution in [0.3, 0.4) is 0 Å². The van der Waals surface area contributed by atoms with Crippen LogP contribution >= 0.6 is 0 Å². The van der Waals surface area contributed by atoms with Gasteiger partial charge in [0, 0.05) is 30.3 Å². The first kappa shape index (κ1) is 20.3. The second-order valence-electron chi connectivity index (χ2n) is 7.38. The van der Waals surface area contributed by atoms with E-state index < -0.39 is 18.0 Å². The van der Waals surface area contributed by atoms with Gasteiger partial charge in [-0.2, -0.15) is 5.10 Å². The number of urea groups is 1. The number of hydrogen-bond acceptors (Lipinski definition) is 4. The first-order valence-corrected chi connectivity index (χ1v) is 10.1. The highest BCUT2D eigenvalue weighted by Gasteiger charge is 2.29. The SMILES string of the molecule is O=C(CCC1NC(=O)NC1=O)NCc1cn(Cc2ccccc2)nc1-c1ccccc1. The Labute approximate surface area is 179 Å². The zero-order valence-corrected chi connectivity index (χ0v) is 16.9. The Morgan fingerprint density at radius 1 is 1.03 bits per heavy atom. The van der Waals surface area contributed by atoms with Crippen molar-refractivity contribution < 1.29 is 14.4 Å². The number of hydrogen-bond donors (Lipinski definition) is 3. The Balaban J connectivity index is 1.43. The van der Waals surface area contributed by atoms with Crippen LogP contribution in [0.5, 0.6) is 0 Å². The summed E-state index contributed by atoms with van der Waals surface area (Å²) in [5.41, 5.74) is 3.84.